The summed E-state index contributed by atoms with van der Waals surface area (Å²) in [5.41, 5.74) is 0.876. The highest BCUT2D eigenvalue weighted by Gasteiger charge is 2.11. The molecule has 0 heterocycles. The molecule has 0 aliphatic rings. The molecule has 1 amide bonds. The first-order chi connectivity index (χ1) is 9.06. The Hall–Kier alpha value is -1.88. The number of anilines is 1. The van der Waals surface area contributed by atoms with E-state index in [2.05, 4.69) is 0 Å². The van der Waals surface area contributed by atoms with Crippen LogP contribution in [0.15, 0.2) is 24.3 Å². The second-order valence-corrected chi connectivity index (χ2v) is 4.17. The maximum Gasteiger partial charge on any atom is 0.335 e. The van der Waals surface area contributed by atoms with Crippen molar-refractivity contribution in [2.45, 2.75) is 19.8 Å². The van der Waals surface area contributed by atoms with Gasteiger partial charge in [0.15, 0.2) is 0 Å². The Morgan fingerprint density at radius 1 is 1.21 bits per heavy atom. The van der Waals surface area contributed by atoms with E-state index in [1.54, 1.807) is 19.2 Å². The molecule has 0 fully saturated rings. The molecule has 1 N–H and O–H groups in total. The van der Waals surface area contributed by atoms with E-state index >= 15 is 0 Å². The van der Waals surface area contributed by atoms with E-state index in [9.17, 15) is 9.59 Å². The van der Waals surface area contributed by atoms with Crippen molar-refractivity contribution in [3.63, 3.8) is 0 Å². The van der Waals surface area contributed by atoms with Gasteiger partial charge in [0.25, 0.3) is 0 Å². The Balaban J connectivity index is 2.54. The first kappa shape index (κ1) is 15.2. The van der Waals surface area contributed by atoms with Gasteiger partial charge in [-0.2, -0.15) is 0 Å². The predicted molar refractivity (Wildman–Crippen MR) is 72.5 cm³/mol. The number of hydrogen-bond donors (Lipinski definition) is 1. The molecule has 104 valence electrons. The summed E-state index contributed by atoms with van der Waals surface area (Å²) in [6.07, 6.45) is 1.25. The molecule has 0 aliphatic heterocycles. The summed E-state index contributed by atoms with van der Waals surface area (Å²) in [7, 11) is 1.66. The van der Waals surface area contributed by atoms with Gasteiger partial charge in [0.05, 0.1) is 18.6 Å². The van der Waals surface area contributed by atoms with Crippen LogP contribution in [0.2, 0.25) is 0 Å². The van der Waals surface area contributed by atoms with Crippen LogP contribution in [0.25, 0.3) is 0 Å². The van der Waals surface area contributed by atoms with Gasteiger partial charge in [-0.25, -0.2) is 4.79 Å². The van der Waals surface area contributed by atoms with Gasteiger partial charge in [0.1, 0.15) is 0 Å². The molecule has 1 aromatic carbocycles. The zero-order valence-electron chi connectivity index (χ0n) is 11.3. The average Bonchev–Trinajstić information content (AvgIpc) is 2.42. The van der Waals surface area contributed by atoms with E-state index in [0.29, 0.717) is 25.3 Å². The number of rotatable bonds is 7. The molecule has 0 saturated heterocycles. The van der Waals surface area contributed by atoms with Crippen LogP contribution < -0.4 is 4.90 Å². The smallest absolute Gasteiger partial charge is 0.335 e. The number of nitrogens with zero attached hydrogens (tertiary/aromatic N) is 1. The van der Waals surface area contributed by atoms with Crippen LogP contribution in [0.1, 0.15) is 30.1 Å². The molecule has 0 bridgehead atoms. The van der Waals surface area contributed by atoms with Crippen molar-refractivity contribution >= 4 is 17.6 Å². The lowest BCUT2D eigenvalue weighted by Gasteiger charge is -2.17. The van der Waals surface area contributed by atoms with E-state index in [-0.39, 0.29) is 11.5 Å². The summed E-state index contributed by atoms with van der Waals surface area (Å²) >= 11 is 0. The minimum atomic E-state index is -0.978. The van der Waals surface area contributed by atoms with Crippen LogP contribution in [-0.4, -0.2) is 37.2 Å². The fourth-order valence-electron chi connectivity index (χ4n) is 1.55. The van der Waals surface area contributed by atoms with Crippen LogP contribution in [0.3, 0.4) is 0 Å². The van der Waals surface area contributed by atoms with Gasteiger partial charge >= 0.3 is 5.97 Å². The van der Waals surface area contributed by atoms with Crippen LogP contribution in [0, 0.1) is 0 Å². The second kappa shape index (κ2) is 7.53. The summed E-state index contributed by atoms with van der Waals surface area (Å²) in [6, 6.07) is 6.20. The second-order valence-electron chi connectivity index (χ2n) is 4.17. The molecule has 0 atom stereocenters. The maximum absolute atomic E-state index is 11.9. The van der Waals surface area contributed by atoms with Gasteiger partial charge in [-0.05, 0) is 30.7 Å². The SMILES string of the molecule is CCCOCCC(=O)N(C)c1ccc(C(=O)O)cc1. The van der Waals surface area contributed by atoms with Gasteiger partial charge in [-0.1, -0.05) is 6.92 Å². The number of aromatic carboxylic acids is 1. The lowest BCUT2D eigenvalue weighted by Crippen LogP contribution is -2.27. The molecule has 0 aliphatic carbocycles. The molecule has 0 saturated carbocycles. The van der Waals surface area contributed by atoms with Crippen LogP contribution in [0.5, 0.6) is 0 Å². The average molecular weight is 265 g/mol. The van der Waals surface area contributed by atoms with Gasteiger partial charge < -0.3 is 14.7 Å². The molecule has 0 spiro atoms. The van der Waals surface area contributed by atoms with Crippen molar-refractivity contribution in [2.24, 2.45) is 0 Å². The molecule has 0 aromatic heterocycles. The van der Waals surface area contributed by atoms with E-state index in [4.69, 9.17) is 9.84 Å². The molecule has 0 radical (unpaired) electrons. The minimum absolute atomic E-state index is 0.0563. The molecule has 5 heteroatoms. The molecule has 0 unspecified atom stereocenters. The van der Waals surface area contributed by atoms with E-state index in [1.165, 1.54) is 17.0 Å². The summed E-state index contributed by atoms with van der Waals surface area (Å²) < 4.78 is 5.26. The number of hydrogen-bond acceptors (Lipinski definition) is 3. The Kier molecular flexibility index (Phi) is 6.02. The number of carbonyl (C=O) groups is 2. The quantitative estimate of drug-likeness (QED) is 0.767. The summed E-state index contributed by atoms with van der Waals surface area (Å²) in [4.78, 5) is 24.1. The Morgan fingerprint density at radius 3 is 2.37 bits per heavy atom. The number of carboxylic acid groups (broad SMARTS) is 1. The van der Waals surface area contributed by atoms with Gasteiger partial charge in [0.2, 0.25) is 5.91 Å². The van der Waals surface area contributed by atoms with Crippen LogP contribution in [-0.2, 0) is 9.53 Å². The Bertz CT molecular complexity index is 428. The summed E-state index contributed by atoms with van der Waals surface area (Å²) in [6.45, 7) is 3.08. The molecule has 5 nitrogen and oxygen atoms in total. The van der Waals surface area contributed by atoms with Crippen molar-refractivity contribution in [2.75, 3.05) is 25.2 Å². The Labute approximate surface area is 112 Å². The lowest BCUT2D eigenvalue weighted by molar-refractivity contribution is -0.119. The third-order valence-corrected chi connectivity index (χ3v) is 2.68. The first-order valence-electron chi connectivity index (χ1n) is 6.24. The van der Waals surface area contributed by atoms with Crippen LogP contribution in [0.4, 0.5) is 5.69 Å². The topological polar surface area (TPSA) is 66.8 Å². The molecular formula is C14H19NO4. The van der Waals surface area contributed by atoms with Crippen molar-refractivity contribution in [1.29, 1.82) is 0 Å². The number of benzene rings is 1. The van der Waals surface area contributed by atoms with Gasteiger partial charge in [-0.15, -0.1) is 0 Å². The highest BCUT2D eigenvalue weighted by molar-refractivity contribution is 5.94. The molecule has 1 aromatic rings. The van der Waals surface area contributed by atoms with Crippen molar-refractivity contribution < 1.29 is 19.4 Å². The van der Waals surface area contributed by atoms with Crippen molar-refractivity contribution in [1.82, 2.24) is 0 Å². The third kappa shape index (κ3) is 4.71. The van der Waals surface area contributed by atoms with Crippen molar-refractivity contribution in [3.05, 3.63) is 29.8 Å². The third-order valence-electron chi connectivity index (χ3n) is 2.68. The molecule has 1 rings (SSSR count). The van der Waals surface area contributed by atoms with Crippen molar-refractivity contribution in [3.8, 4) is 0 Å². The largest absolute Gasteiger partial charge is 0.478 e. The summed E-state index contributed by atoms with van der Waals surface area (Å²) in [5.74, 6) is -1.03. The monoisotopic (exact) mass is 265 g/mol. The van der Waals surface area contributed by atoms with E-state index in [0.717, 1.165) is 6.42 Å². The lowest BCUT2D eigenvalue weighted by atomic mass is 10.2. The van der Waals surface area contributed by atoms with Crippen LogP contribution >= 0.6 is 0 Å². The molecular weight excluding hydrogens is 246 g/mol. The van der Waals surface area contributed by atoms with E-state index in [1.807, 2.05) is 6.92 Å². The van der Waals surface area contributed by atoms with Gasteiger partial charge in [0, 0.05) is 19.3 Å². The predicted octanol–water partition coefficient (Wildman–Crippen LogP) is 2.16. The zero-order chi connectivity index (χ0) is 14.3. The normalized spacial score (nSPS) is 10.2. The Morgan fingerprint density at radius 2 is 1.84 bits per heavy atom. The fraction of sp³-hybridized carbons (Fsp3) is 0.429. The molecule has 19 heavy (non-hydrogen) atoms. The summed E-state index contributed by atoms with van der Waals surface area (Å²) in [5, 5.41) is 8.79. The first-order valence-corrected chi connectivity index (χ1v) is 6.24. The number of ether oxygens (including phenoxy) is 1. The maximum atomic E-state index is 11.9. The standard InChI is InChI=1S/C14H19NO4/c1-3-9-19-10-8-13(16)15(2)12-6-4-11(5-7-12)14(17)18/h4-7H,3,8-10H2,1-2H3,(H,17,18). The fourth-order valence-corrected chi connectivity index (χ4v) is 1.55. The number of carboxylic acids is 1. The number of amides is 1. The van der Waals surface area contributed by atoms with E-state index < -0.39 is 5.97 Å². The minimum Gasteiger partial charge on any atom is -0.478 e. The number of carbonyl (C=O) groups excluding carboxylic acids is 1. The van der Waals surface area contributed by atoms with Gasteiger partial charge in [-0.3, -0.25) is 4.79 Å². The highest BCUT2D eigenvalue weighted by atomic mass is 16.5. The highest BCUT2D eigenvalue weighted by Crippen LogP contribution is 2.14. The zero-order valence-corrected chi connectivity index (χ0v) is 11.3.